The Morgan fingerprint density at radius 2 is 1.57 bits per heavy atom. The van der Waals surface area contributed by atoms with Gasteiger partial charge in [0, 0.05) is 18.5 Å². The van der Waals surface area contributed by atoms with Gasteiger partial charge >= 0.3 is 5.97 Å². The van der Waals surface area contributed by atoms with E-state index in [1.807, 2.05) is 59.3 Å². The van der Waals surface area contributed by atoms with Crippen LogP contribution in [0.3, 0.4) is 0 Å². The molecule has 178 valence electrons. The van der Waals surface area contributed by atoms with E-state index in [1.165, 1.54) is 6.42 Å². The fourth-order valence-corrected chi connectivity index (χ4v) is 4.09. The number of benzene rings is 3. The van der Waals surface area contributed by atoms with E-state index < -0.39 is 5.97 Å². The fourth-order valence-electron chi connectivity index (χ4n) is 4.09. The second kappa shape index (κ2) is 11.4. The summed E-state index contributed by atoms with van der Waals surface area (Å²) in [5.74, 6) is -0.163. The number of carboxylic acid groups (broad SMARTS) is 1. The number of aromatic carboxylic acids is 1. The first-order chi connectivity index (χ1) is 17.1. The van der Waals surface area contributed by atoms with Gasteiger partial charge in [-0.05, 0) is 29.2 Å². The average Bonchev–Trinajstić information content (AvgIpc) is 3.29. The molecule has 0 saturated heterocycles. The Kier molecular flexibility index (Phi) is 7.83. The van der Waals surface area contributed by atoms with Crippen LogP contribution in [0.5, 0.6) is 0 Å². The number of rotatable bonds is 11. The molecule has 0 aliphatic rings. The molecule has 0 aliphatic heterocycles. The third-order valence-corrected chi connectivity index (χ3v) is 6.00. The summed E-state index contributed by atoms with van der Waals surface area (Å²) in [5.41, 5.74) is 3.39. The van der Waals surface area contributed by atoms with Crippen molar-refractivity contribution in [2.45, 2.75) is 45.6 Å². The SMILES string of the molecule is CCCCCCn1nc(C(=O)c2ccccc2)nc1Cc1ccc(-c2ccccc2C(=O)O)cc1. The normalized spacial score (nSPS) is 10.9. The van der Waals surface area contributed by atoms with E-state index in [1.54, 1.807) is 24.3 Å². The van der Waals surface area contributed by atoms with Gasteiger partial charge in [0.25, 0.3) is 0 Å². The Balaban J connectivity index is 1.58. The molecule has 0 atom stereocenters. The summed E-state index contributed by atoms with van der Waals surface area (Å²) in [5, 5.41) is 14.1. The van der Waals surface area contributed by atoms with Gasteiger partial charge in [-0.1, -0.05) is 99.0 Å². The topological polar surface area (TPSA) is 85.1 Å². The highest BCUT2D eigenvalue weighted by atomic mass is 16.4. The van der Waals surface area contributed by atoms with Gasteiger partial charge in [-0.3, -0.25) is 4.79 Å². The van der Waals surface area contributed by atoms with Gasteiger partial charge in [0.15, 0.2) is 0 Å². The number of nitrogens with zero attached hydrogens (tertiary/aromatic N) is 3. The number of unbranched alkanes of at least 4 members (excludes halogenated alkanes) is 3. The molecular formula is C29H29N3O3. The first kappa shape index (κ1) is 24.1. The first-order valence-corrected chi connectivity index (χ1v) is 12.0. The van der Waals surface area contributed by atoms with Crippen molar-refractivity contribution in [2.75, 3.05) is 0 Å². The number of hydrogen-bond donors (Lipinski definition) is 1. The maximum absolute atomic E-state index is 12.9. The van der Waals surface area contributed by atoms with Crippen LogP contribution in [0.2, 0.25) is 0 Å². The van der Waals surface area contributed by atoms with Crippen molar-refractivity contribution in [1.82, 2.24) is 14.8 Å². The quantitative estimate of drug-likeness (QED) is 0.215. The highest BCUT2D eigenvalue weighted by molar-refractivity contribution is 6.06. The molecule has 6 nitrogen and oxygen atoms in total. The summed E-state index contributed by atoms with van der Waals surface area (Å²) < 4.78 is 1.86. The van der Waals surface area contributed by atoms with Crippen LogP contribution < -0.4 is 0 Å². The molecule has 1 aromatic heterocycles. The molecule has 0 bridgehead atoms. The van der Waals surface area contributed by atoms with Crippen molar-refractivity contribution in [3.05, 3.63) is 107 Å². The van der Waals surface area contributed by atoms with Crippen molar-refractivity contribution < 1.29 is 14.7 Å². The summed E-state index contributed by atoms with van der Waals surface area (Å²) in [6.45, 7) is 2.89. The van der Waals surface area contributed by atoms with Crippen molar-refractivity contribution in [1.29, 1.82) is 0 Å². The van der Waals surface area contributed by atoms with E-state index in [4.69, 9.17) is 0 Å². The Morgan fingerprint density at radius 1 is 0.857 bits per heavy atom. The van der Waals surface area contributed by atoms with Gasteiger partial charge in [-0.15, -0.1) is 5.10 Å². The van der Waals surface area contributed by atoms with E-state index in [9.17, 15) is 14.7 Å². The summed E-state index contributed by atoms with van der Waals surface area (Å²) in [7, 11) is 0. The summed E-state index contributed by atoms with van der Waals surface area (Å²) in [6.07, 6.45) is 4.94. The molecule has 1 heterocycles. The van der Waals surface area contributed by atoms with Crippen molar-refractivity contribution in [3.8, 4) is 11.1 Å². The lowest BCUT2D eigenvalue weighted by Crippen LogP contribution is -2.08. The third kappa shape index (κ3) is 5.90. The highest BCUT2D eigenvalue weighted by Crippen LogP contribution is 2.25. The van der Waals surface area contributed by atoms with Crippen molar-refractivity contribution in [2.24, 2.45) is 0 Å². The van der Waals surface area contributed by atoms with E-state index in [0.717, 1.165) is 36.2 Å². The summed E-state index contributed by atoms with van der Waals surface area (Å²) in [4.78, 5) is 29.1. The van der Waals surface area contributed by atoms with Gasteiger partial charge in [-0.25, -0.2) is 14.5 Å². The molecule has 4 rings (SSSR count). The average molecular weight is 468 g/mol. The fraction of sp³-hybridized carbons (Fsp3) is 0.241. The van der Waals surface area contributed by atoms with E-state index >= 15 is 0 Å². The molecule has 3 aromatic carbocycles. The molecule has 4 aromatic rings. The number of hydrogen-bond acceptors (Lipinski definition) is 4. The number of ketones is 1. The van der Waals surface area contributed by atoms with Crippen LogP contribution in [0.15, 0.2) is 78.9 Å². The van der Waals surface area contributed by atoms with Crippen LogP contribution in [0.25, 0.3) is 11.1 Å². The smallest absolute Gasteiger partial charge is 0.336 e. The molecule has 1 N–H and O–H groups in total. The molecule has 0 aliphatic carbocycles. The molecule has 0 fully saturated rings. The van der Waals surface area contributed by atoms with Crippen LogP contribution in [0.4, 0.5) is 0 Å². The number of carbonyl (C=O) groups is 2. The Bertz CT molecular complexity index is 1290. The van der Waals surface area contributed by atoms with Crippen LogP contribution in [-0.4, -0.2) is 31.6 Å². The number of carbonyl (C=O) groups excluding carboxylic acids is 1. The molecule has 0 unspecified atom stereocenters. The first-order valence-electron chi connectivity index (χ1n) is 12.0. The molecule has 0 spiro atoms. The minimum atomic E-state index is -0.948. The summed E-state index contributed by atoms with van der Waals surface area (Å²) in [6, 6.07) is 23.9. The van der Waals surface area contributed by atoms with Crippen LogP contribution in [-0.2, 0) is 13.0 Å². The molecule has 35 heavy (non-hydrogen) atoms. The van der Waals surface area contributed by atoms with Gasteiger partial charge in [-0.2, -0.15) is 0 Å². The third-order valence-electron chi connectivity index (χ3n) is 6.00. The Hall–Kier alpha value is -4.06. The van der Waals surface area contributed by atoms with Gasteiger partial charge in [0.2, 0.25) is 11.6 Å². The largest absolute Gasteiger partial charge is 0.478 e. The Labute approximate surface area is 205 Å². The molecule has 0 saturated carbocycles. The van der Waals surface area contributed by atoms with Crippen molar-refractivity contribution >= 4 is 11.8 Å². The van der Waals surface area contributed by atoms with Crippen LogP contribution in [0, 0.1) is 0 Å². The maximum atomic E-state index is 12.9. The van der Waals surface area contributed by atoms with Crippen LogP contribution >= 0.6 is 0 Å². The van der Waals surface area contributed by atoms with Crippen LogP contribution in [0.1, 0.15) is 70.5 Å². The Morgan fingerprint density at radius 3 is 2.29 bits per heavy atom. The van der Waals surface area contributed by atoms with Crippen molar-refractivity contribution in [3.63, 3.8) is 0 Å². The maximum Gasteiger partial charge on any atom is 0.336 e. The highest BCUT2D eigenvalue weighted by Gasteiger charge is 2.18. The predicted molar refractivity (Wildman–Crippen MR) is 136 cm³/mol. The van der Waals surface area contributed by atoms with E-state index in [0.29, 0.717) is 24.1 Å². The molecule has 0 amide bonds. The second-order valence-electron chi connectivity index (χ2n) is 8.56. The van der Waals surface area contributed by atoms with Gasteiger partial charge in [0.1, 0.15) is 5.82 Å². The predicted octanol–water partition coefficient (Wildman–Crippen LogP) is 6.05. The lowest BCUT2D eigenvalue weighted by molar-refractivity contribution is 0.0697. The zero-order chi connectivity index (χ0) is 24.6. The zero-order valence-corrected chi connectivity index (χ0v) is 19.9. The number of aryl methyl sites for hydroxylation is 1. The summed E-state index contributed by atoms with van der Waals surface area (Å²) >= 11 is 0. The van der Waals surface area contributed by atoms with E-state index in [-0.39, 0.29) is 17.2 Å². The minimum absolute atomic E-state index is 0.181. The lowest BCUT2D eigenvalue weighted by Gasteiger charge is -2.08. The van der Waals surface area contributed by atoms with E-state index in [2.05, 4.69) is 17.0 Å². The standard InChI is InChI=1S/C29H29N3O3/c1-2-3-4-10-19-32-26(30-28(31-32)27(33)23-11-6-5-7-12-23)20-21-15-17-22(18-16-21)24-13-8-9-14-25(24)29(34)35/h5-9,11-18H,2-4,10,19-20H2,1H3,(H,34,35). The molecule has 6 heteroatoms. The number of aromatic nitrogens is 3. The van der Waals surface area contributed by atoms with Gasteiger partial charge < -0.3 is 5.11 Å². The molecular weight excluding hydrogens is 438 g/mol. The zero-order valence-electron chi connectivity index (χ0n) is 19.9. The minimum Gasteiger partial charge on any atom is -0.478 e. The van der Waals surface area contributed by atoms with Gasteiger partial charge in [0.05, 0.1) is 5.56 Å². The second-order valence-corrected chi connectivity index (χ2v) is 8.56. The molecule has 0 radical (unpaired) electrons. The lowest BCUT2D eigenvalue weighted by atomic mass is 9.98. The number of carboxylic acids is 1. The monoisotopic (exact) mass is 467 g/mol.